The molecule has 3 rings (SSSR count). The predicted octanol–water partition coefficient (Wildman–Crippen LogP) is 5.95. The molecule has 0 aliphatic carbocycles. The first-order valence-corrected chi connectivity index (χ1v) is 11.8. The van der Waals surface area contributed by atoms with Gasteiger partial charge in [0.2, 0.25) is 5.91 Å². The number of sulfonamides is 1. The number of hydrogen-bond acceptors (Lipinski definition) is 3. The van der Waals surface area contributed by atoms with Gasteiger partial charge in [-0.3, -0.25) is 9.10 Å². The first kappa shape index (κ1) is 23.1. The van der Waals surface area contributed by atoms with Gasteiger partial charge in [-0.25, -0.2) is 8.42 Å². The number of nitrogens with one attached hydrogen (secondary N) is 1. The molecule has 0 atom stereocenters. The third-order valence-electron chi connectivity index (χ3n) is 4.65. The summed E-state index contributed by atoms with van der Waals surface area (Å²) in [6.45, 7) is 3.56. The van der Waals surface area contributed by atoms with E-state index in [4.69, 9.17) is 23.2 Å². The molecule has 162 valence electrons. The minimum atomic E-state index is -4.08. The summed E-state index contributed by atoms with van der Waals surface area (Å²) in [5.41, 5.74) is 1.72. The Morgan fingerprint density at radius 1 is 0.968 bits per heavy atom. The molecule has 3 aromatic rings. The summed E-state index contributed by atoms with van der Waals surface area (Å²) in [7, 11) is -4.08. The van der Waals surface area contributed by atoms with Gasteiger partial charge in [-0.2, -0.15) is 0 Å². The highest BCUT2D eigenvalue weighted by Gasteiger charge is 2.29. The summed E-state index contributed by atoms with van der Waals surface area (Å²) >= 11 is 12.4. The van der Waals surface area contributed by atoms with Crippen molar-refractivity contribution in [3.8, 4) is 0 Å². The summed E-state index contributed by atoms with van der Waals surface area (Å²) < 4.78 is 27.8. The monoisotopic (exact) mass is 476 g/mol. The Balaban J connectivity index is 2.00. The molecule has 3 aromatic carbocycles. The summed E-state index contributed by atoms with van der Waals surface area (Å²) in [6, 6.07) is 19.8. The van der Waals surface area contributed by atoms with E-state index in [0.717, 1.165) is 9.87 Å². The average molecular weight is 477 g/mol. The molecule has 0 aliphatic heterocycles. The molecule has 0 unspecified atom stereocenters. The van der Waals surface area contributed by atoms with Crippen LogP contribution >= 0.6 is 23.2 Å². The number of anilines is 2. The highest BCUT2D eigenvalue weighted by atomic mass is 35.5. The number of rotatable bonds is 7. The van der Waals surface area contributed by atoms with Crippen LogP contribution in [0.1, 0.15) is 25.3 Å². The van der Waals surface area contributed by atoms with Crippen molar-refractivity contribution in [2.75, 3.05) is 16.2 Å². The fourth-order valence-electron chi connectivity index (χ4n) is 3.13. The van der Waals surface area contributed by atoms with E-state index in [1.165, 1.54) is 24.3 Å². The second-order valence-corrected chi connectivity index (χ2v) is 9.92. The Kier molecular flexibility index (Phi) is 7.26. The normalized spacial score (nSPS) is 11.4. The third-order valence-corrected chi connectivity index (χ3v) is 6.98. The smallest absolute Gasteiger partial charge is 0.264 e. The summed E-state index contributed by atoms with van der Waals surface area (Å²) in [4.78, 5) is 13.0. The van der Waals surface area contributed by atoms with Crippen LogP contribution in [0.15, 0.2) is 77.7 Å². The van der Waals surface area contributed by atoms with Crippen molar-refractivity contribution < 1.29 is 13.2 Å². The molecule has 5 nitrogen and oxygen atoms in total. The lowest BCUT2D eigenvalue weighted by molar-refractivity contribution is -0.114. The van der Waals surface area contributed by atoms with E-state index in [9.17, 15) is 13.2 Å². The lowest BCUT2D eigenvalue weighted by atomic mass is 10.0. The van der Waals surface area contributed by atoms with Crippen LogP contribution in [0, 0.1) is 0 Å². The van der Waals surface area contributed by atoms with Crippen molar-refractivity contribution in [1.82, 2.24) is 0 Å². The van der Waals surface area contributed by atoms with Crippen molar-refractivity contribution in [1.29, 1.82) is 0 Å². The molecule has 0 spiro atoms. The Morgan fingerprint density at radius 2 is 1.61 bits per heavy atom. The first-order chi connectivity index (χ1) is 14.7. The van der Waals surface area contributed by atoms with Crippen LogP contribution in [0.5, 0.6) is 0 Å². The number of hydrogen-bond donors (Lipinski definition) is 1. The minimum absolute atomic E-state index is 0.0430. The van der Waals surface area contributed by atoms with E-state index in [0.29, 0.717) is 10.7 Å². The Morgan fingerprint density at radius 3 is 2.29 bits per heavy atom. The number of halogens is 2. The van der Waals surface area contributed by atoms with E-state index in [2.05, 4.69) is 5.32 Å². The van der Waals surface area contributed by atoms with Crippen LogP contribution in [0.25, 0.3) is 0 Å². The van der Waals surface area contributed by atoms with Gasteiger partial charge in [-0.15, -0.1) is 0 Å². The SMILES string of the molecule is CC(C)c1ccccc1NC(=O)CN(c1cc(Cl)ccc1Cl)S(=O)(=O)c1ccccc1. The van der Waals surface area contributed by atoms with E-state index < -0.39 is 22.5 Å². The van der Waals surface area contributed by atoms with Gasteiger partial charge in [0, 0.05) is 10.7 Å². The number of amides is 1. The lowest BCUT2D eigenvalue weighted by Crippen LogP contribution is -2.38. The average Bonchev–Trinajstić information content (AvgIpc) is 2.74. The zero-order valence-electron chi connectivity index (χ0n) is 17.0. The van der Waals surface area contributed by atoms with Crippen molar-refractivity contribution in [2.24, 2.45) is 0 Å². The number of benzene rings is 3. The van der Waals surface area contributed by atoms with Crippen LogP contribution < -0.4 is 9.62 Å². The highest BCUT2D eigenvalue weighted by Crippen LogP contribution is 2.33. The van der Waals surface area contributed by atoms with Crippen LogP contribution in [-0.2, 0) is 14.8 Å². The summed E-state index contributed by atoms with van der Waals surface area (Å²) in [5.74, 6) is -0.313. The molecule has 0 heterocycles. The quantitative estimate of drug-likeness (QED) is 0.457. The molecular formula is C23H22Cl2N2O3S. The molecule has 0 bridgehead atoms. The maximum atomic E-state index is 13.4. The fraction of sp³-hybridized carbons (Fsp3) is 0.174. The fourth-order valence-corrected chi connectivity index (χ4v) is 5.02. The largest absolute Gasteiger partial charge is 0.324 e. The van der Waals surface area contributed by atoms with Crippen LogP contribution in [0.3, 0.4) is 0 Å². The first-order valence-electron chi connectivity index (χ1n) is 9.61. The van der Waals surface area contributed by atoms with Gasteiger partial charge in [-0.1, -0.05) is 73.4 Å². The molecule has 31 heavy (non-hydrogen) atoms. The van der Waals surface area contributed by atoms with Crippen LogP contribution in [0.4, 0.5) is 11.4 Å². The summed E-state index contributed by atoms with van der Waals surface area (Å²) in [6.07, 6.45) is 0. The van der Waals surface area contributed by atoms with Gasteiger partial charge in [0.1, 0.15) is 6.54 Å². The number of nitrogens with zero attached hydrogens (tertiary/aromatic N) is 1. The zero-order chi connectivity index (χ0) is 22.6. The van der Waals surface area contributed by atoms with Crippen molar-refractivity contribution >= 4 is 50.5 Å². The predicted molar refractivity (Wildman–Crippen MR) is 127 cm³/mol. The highest BCUT2D eigenvalue weighted by molar-refractivity contribution is 7.92. The van der Waals surface area contributed by atoms with E-state index >= 15 is 0 Å². The van der Waals surface area contributed by atoms with Gasteiger partial charge < -0.3 is 5.32 Å². The van der Waals surface area contributed by atoms with Gasteiger partial charge in [-0.05, 0) is 47.9 Å². The molecule has 0 aromatic heterocycles. The molecular weight excluding hydrogens is 455 g/mol. The van der Waals surface area contributed by atoms with Crippen molar-refractivity contribution in [3.63, 3.8) is 0 Å². The number of para-hydroxylation sites is 1. The van der Waals surface area contributed by atoms with E-state index in [-0.39, 0.29) is 21.5 Å². The second-order valence-electron chi connectivity index (χ2n) is 7.21. The van der Waals surface area contributed by atoms with Crippen molar-refractivity contribution in [2.45, 2.75) is 24.7 Å². The minimum Gasteiger partial charge on any atom is -0.324 e. The molecule has 0 radical (unpaired) electrons. The molecule has 0 saturated heterocycles. The van der Waals surface area contributed by atoms with E-state index in [1.807, 2.05) is 32.0 Å². The number of carbonyl (C=O) groups excluding carboxylic acids is 1. The maximum Gasteiger partial charge on any atom is 0.264 e. The topological polar surface area (TPSA) is 66.5 Å². The van der Waals surface area contributed by atoms with Gasteiger partial charge in [0.15, 0.2) is 0 Å². The zero-order valence-corrected chi connectivity index (χ0v) is 19.4. The summed E-state index contributed by atoms with van der Waals surface area (Å²) in [5, 5.41) is 3.30. The van der Waals surface area contributed by atoms with E-state index in [1.54, 1.807) is 30.3 Å². The molecule has 0 fully saturated rings. The third kappa shape index (κ3) is 5.39. The van der Waals surface area contributed by atoms with Crippen molar-refractivity contribution in [3.05, 3.63) is 88.4 Å². The molecule has 0 saturated carbocycles. The Hall–Kier alpha value is -2.54. The Labute approximate surface area is 192 Å². The van der Waals surface area contributed by atoms with Gasteiger partial charge >= 0.3 is 0 Å². The van der Waals surface area contributed by atoms with Crippen LogP contribution in [-0.4, -0.2) is 20.9 Å². The molecule has 0 aliphatic rings. The Bertz CT molecular complexity index is 1180. The molecule has 1 amide bonds. The van der Waals surface area contributed by atoms with Crippen LogP contribution in [0.2, 0.25) is 10.0 Å². The second kappa shape index (κ2) is 9.73. The standard InChI is InChI=1S/C23H22Cl2N2O3S/c1-16(2)19-10-6-7-11-21(19)26-23(28)15-27(22-14-17(24)12-13-20(22)25)31(29,30)18-8-4-3-5-9-18/h3-14,16H,15H2,1-2H3,(H,26,28). The lowest BCUT2D eigenvalue weighted by Gasteiger charge is -2.25. The maximum absolute atomic E-state index is 13.4. The van der Waals surface area contributed by atoms with Gasteiger partial charge in [0.25, 0.3) is 10.0 Å². The molecule has 1 N–H and O–H groups in total. The van der Waals surface area contributed by atoms with Gasteiger partial charge in [0.05, 0.1) is 15.6 Å². The number of carbonyl (C=O) groups is 1. The molecule has 8 heteroatoms.